The largest absolute Gasteiger partial charge is 0.462 e. The van der Waals surface area contributed by atoms with E-state index in [1.807, 2.05) is 25.1 Å². The second kappa shape index (κ2) is 4.49. The highest BCUT2D eigenvalue weighted by molar-refractivity contribution is 5.48. The molecule has 0 aliphatic carbocycles. The first-order valence-electron chi connectivity index (χ1n) is 5.36. The number of hydrogen-bond donors (Lipinski definition) is 0. The van der Waals surface area contributed by atoms with Crippen LogP contribution in [0.15, 0.2) is 34.3 Å². The molecular weight excluding hydrogens is 186 g/mol. The Morgan fingerprint density at radius 1 is 1.33 bits per heavy atom. The zero-order chi connectivity index (χ0) is 10.7. The fourth-order valence-corrected chi connectivity index (χ4v) is 1.67. The third-order valence-electron chi connectivity index (χ3n) is 2.67. The van der Waals surface area contributed by atoms with Crippen LogP contribution in [-0.2, 0) is 0 Å². The predicted molar refractivity (Wildman–Crippen MR) is 62.7 cm³/mol. The maximum absolute atomic E-state index is 5.47. The van der Waals surface area contributed by atoms with E-state index in [0.717, 1.165) is 31.0 Å². The molecule has 1 aliphatic rings. The van der Waals surface area contributed by atoms with E-state index in [4.69, 9.17) is 4.42 Å². The standard InChI is InChI=1S/C13H17NO/c1-11-3-5-13(15-11)6-4-12-7-9-14(2)10-8-12/h3-7H,8-10H2,1-2H3. The van der Waals surface area contributed by atoms with Crippen molar-refractivity contribution in [2.45, 2.75) is 13.3 Å². The van der Waals surface area contributed by atoms with E-state index >= 15 is 0 Å². The van der Waals surface area contributed by atoms with E-state index in [1.54, 1.807) is 0 Å². The van der Waals surface area contributed by atoms with Crippen LogP contribution < -0.4 is 0 Å². The van der Waals surface area contributed by atoms with Crippen LogP contribution in [0.5, 0.6) is 0 Å². The van der Waals surface area contributed by atoms with Gasteiger partial charge in [-0.1, -0.05) is 12.2 Å². The van der Waals surface area contributed by atoms with Crippen molar-refractivity contribution in [3.63, 3.8) is 0 Å². The van der Waals surface area contributed by atoms with Gasteiger partial charge in [0.25, 0.3) is 0 Å². The predicted octanol–water partition coefficient (Wildman–Crippen LogP) is 2.86. The van der Waals surface area contributed by atoms with Crippen molar-refractivity contribution in [3.8, 4) is 0 Å². The normalized spacial score (nSPS) is 18.4. The number of rotatable bonds is 2. The molecule has 15 heavy (non-hydrogen) atoms. The third kappa shape index (κ3) is 2.83. The van der Waals surface area contributed by atoms with E-state index < -0.39 is 0 Å². The maximum Gasteiger partial charge on any atom is 0.127 e. The summed E-state index contributed by atoms with van der Waals surface area (Å²) in [6.45, 7) is 4.16. The van der Waals surface area contributed by atoms with Gasteiger partial charge in [0.1, 0.15) is 11.5 Å². The van der Waals surface area contributed by atoms with Gasteiger partial charge in [-0.2, -0.15) is 0 Å². The zero-order valence-corrected chi connectivity index (χ0v) is 9.36. The highest BCUT2D eigenvalue weighted by Crippen LogP contribution is 2.14. The first kappa shape index (κ1) is 10.2. The lowest BCUT2D eigenvalue weighted by Crippen LogP contribution is -2.23. The van der Waals surface area contributed by atoms with Gasteiger partial charge in [0.05, 0.1) is 0 Å². The molecular formula is C13H17NO. The van der Waals surface area contributed by atoms with Crippen molar-refractivity contribution in [3.05, 3.63) is 41.4 Å². The fourth-order valence-electron chi connectivity index (χ4n) is 1.67. The van der Waals surface area contributed by atoms with Gasteiger partial charge in [0.2, 0.25) is 0 Å². The quantitative estimate of drug-likeness (QED) is 0.735. The fraction of sp³-hybridized carbons (Fsp3) is 0.385. The second-order valence-corrected chi connectivity index (χ2v) is 4.07. The lowest BCUT2D eigenvalue weighted by atomic mass is 10.1. The summed E-state index contributed by atoms with van der Waals surface area (Å²) in [5.41, 5.74) is 1.40. The molecule has 0 amide bonds. The van der Waals surface area contributed by atoms with E-state index in [2.05, 4.69) is 24.1 Å². The molecule has 0 unspecified atom stereocenters. The Morgan fingerprint density at radius 3 is 2.80 bits per heavy atom. The van der Waals surface area contributed by atoms with Gasteiger partial charge in [0.15, 0.2) is 0 Å². The molecule has 0 aromatic carbocycles. The van der Waals surface area contributed by atoms with Crippen molar-refractivity contribution in [2.24, 2.45) is 0 Å². The van der Waals surface area contributed by atoms with Crippen molar-refractivity contribution < 1.29 is 4.42 Å². The van der Waals surface area contributed by atoms with Gasteiger partial charge < -0.3 is 9.32 Å². The van der Waals surface area contributed by atoms with Crippen LogP contribution in [0.4, 0.5) is 0 Å². The van der Waals surface area contributed by atoms with Crippen molar-refractivity contribution >= 4 is 6.08 Å². The van der Waals surface area contributed by atoms with E-state index in [0.29, 0.717) is 0 Å². The molecule has 0 atom stereocenters. The van der Waals surface area contributed by atoms with Crippen LogP contribution >= 0.6 is 0 Å². The SMILES string of the molecule is Cc1ccc(C=CC2=CCN(C)CC2)o1. The van der Waals surface area contributed by atoms with Crippen LogP contribution in [0.3, 0.4) is 0 Å². The summed E-state index contributed by atoms with van der Waals surface area (Å²) < 4.78 is 5.47. The monoisotopic (exact) mass is 203 g/mol. The Labute approximate surface area is 90.9 Å². The second-order valence-electron chi connectivity index (χ2n) is 4.07. The minimum absolute atomic E-state index is 0.937. The number of furan rings is 1. The molecule has 80 valence electrons. The lowest BCUT2D eigenvalue weighted by molar-refractivity contribution is 0.361. The summed E-state index contributed by atoms with van der Waals surface area (Å²) in [5, 5.41) is 0. The summed E-state index contributed by atoms with van der Waals surface area (Å²) in [5.74, 6) is 1.90. The number of likely N-dealkylation sites (N-methyl/N-ethyl adjacent to an activating group) is 1. The number of aryl methyl sites for hydroxylation is 1. The molecule has 1 aromatic heterocycles. The van der Waals surface area contributed by atoms with Gasteiger partial charge in [0, 0.05) is 13.1 Å². The average Bonchev–Trinajstić information content (AvgIpc) is 2.64. The molecule has 2 nitrogen and oxygen atoms in total. The Balaban J connectivity index is 2.00. The first-order chi connectivity index (χ1) is 7.24. The Morgan fingerprint density at radius 2 is 2.20 bits per heavy atom. The van der Waals surface area contributed by atoms with Crippen LogP contribution in [0, 0.1) is 6.92 Å². The van der Waals surface area contributed by atoms with Crippen LogP contribution in [-0.4, -0.2) is 25.0 Å². The summed E-state index contributed by atoms with van der Waals surface area (Å²) in [4.78, 5) is 2.31. The van der Waals surface area contributed by atoms with Crippen LogP contribution in [0.25, 0.3) is 6.08 Å². The van der Waals surface area contributed by atoms with Gasteiger partial charge in [-0.05, 0) is 44.2 Å². The molecule has 2 rings (SSSR count). The van der Waals surface area contributed by atoms with Crippen LogP contribution in [0.1, 0.15) is 17.9 Å². The maximum atomic E-state index is 5.47. The molecule has 1 aromatic rings. The molecule has 0 fully saturated rings. The Kier molecular flexibility index (Phi) is 3.07. The van der Waals surface area contributed by atoms with Gasteiger partial charge in [-0.3, -0.25) is 0 Å². The zero-order valence-electron chi connectivity index (χ0n) is 9.36. The van der Waals surface area contributed by atoms with Crippen LogP contribution in [0.2, 0.25) is 0 Å². The smallest absolute Gasteiger partial charge is 0.127 e. The summed E-state index contributed by atoms with van der Waals surface area (Å²) in [6, 6.07) is 3.99. The molecule has 2 heteroatoms. The van der Waals surface area contributed by atoms with Gasteiger partial charge in [-0.25, -0.2) is 0 Å². The van der Waals surface area contributed by atoms with E-state index in [-0.39, 0.29) is 0 Å². The molecule has 0 radical (unpaired) electrons. The topological polar surface area (TPSA) is 16.4 Å². The summed E-state index contributed by atoms with van der Waals surface area (Å²) in [7, 11) is 2.15. The summed E-state index contributed by atoms with van der Waals surface area (Å²) in [6.07, 6.45) is 7.61. The molecule has 2 heterocycles. The van der Waals surface area contributed by atoms with Gasteiger partial charge >= 0.3 is 0 Å². The number of nitrogens with zero attached hydrogens (tertiary/aromatic N) is 1. The highest BCUT2D eigenvalue weighted by atomic mass is 16.3. The third-order valence-corrected chi connectivity index (χ3v) is 2.67. The first-order valence-corrected chi connectivity index (χ1v) is 5.36. The van der Waals surface area contributed by atoms with Crippen molar-refractivity contribution in [2.75, 3.05) is 20.1 Å². The minimum atomic E-state index is 0.937. The number of allylic oxidation sites excluding steroid dienone is 1. The Hall–Kier alpha value is -1.28. The summed E-state index contributed by atoms with van der Waals surface area (Å²) >= 11 is 0. The van der Waals surface area contributed by atoms with Gasteiger partial charge in [-0.15, -0.1) is 0 Å². The number of hydrogen-bond acceptors (Lipinski definition) is 2. The Bertz CT molecular complexity index is 387. The average molecular weight is 203 g/mol. The molecule has 1 aliphatic heterocycles. The molecule has 0 spiro atoms. The highest BCUT2D eigenvalue weighted by Gasteiger charge is 2.04. The lowest BCUT2D eigenvalue weighted by Gasteiger charge is -2.20. The molecule has 0 saturated heterocycles. The molecule has 0 N–H and O–H groups in total. The van der Waals surface area contributed by atoms with E-state index in [1.165, 1.54) is 5.57 Å². The van der Waals surface area contributed by atoms with Crippen molar-refractivity contribution in [1.29, 1.82) is 0 Å². The molecule has 0 bridgehead atoms. The molecule has 0 saturated carbocycles. The van der Waals surface area contributed by atoms with E-state index in [9.17, 15) is 0 Å². The minimum Gasteiger partial charge on any atom is -0.462 e. The van der Waals surface area contributed by atoms with Crippen molar-refractivity contribution in [1.82, 2.24) is 4.90 Å².